The molecule has 1 unspecified atom stereocenters. The molecule has 94 valence electrons. The smallest absolute Gasteiger partial charge is 0.256 e. The predicted molar refractivity (Wildman–Crippen MR) is 68.1 cm³/mol. The Kier molecular flexibility index (Phi) is 2.63. The van der Waals surface area contributed by atoms with E-state index >= 15 is 0 Å². The quantitative estimate of drug-likeness (QED) is 0.821. The van der Waals surface area contributed by atoms with Gasteiger partial charge in [-0.3, -0.25) is 9.78 Å². The maximum atomic E-state index is 12.4. The van der Waals surface area contributed by atoms with E-state index in [1.54, 1.807) is 13.2 Å². The lowest BCUT2D eigenvalue weighted by molar-refractivity contribution is -0.135. The Morgan fingerprint density at radius 1 is 1.50 bits per heavy atom. The number of aromatic nitrogens is 1. The highest BCUT2D eigenvalue weighted by Gasteiger charge is 2.50. The number of amides is 1. The Morgan fingerprint density at radius 2 is 2.39 bits per heavy atom. The zero-order chi connectivity index (χ0) is 12.6. The minimum Gasteiger partial charge on any atom is -0.315 e. The third-order valence-electron chi connectivity index (χ3n) is 3.70. The average molecular weight is 244 g/mol. The Balaban J connectivity index is 1.96. The number of fused-ring (bicyclic) bond motifs is 1. The summed E-state index contributed by atoms with van der Waals surface area (Å²) in [5.41, 5.74) is 1.43. The third kappa shape index (κ3) is 1.62. The predicted octanol–water partition coefficient (Wildman–Crippen LogP) is 0.432. The number of nitrogens with zero attached hydrogens (tertiary/aromatic N) is 3. The highest BCUT2D eigenvalue weighted by molar-refractivity contribution is 6.13. The second kappa shape index (κ2) is 4.17. The molecular formula is C13H16N4O. The number of pyridine rings is 1. The molecule has 2 aliphatic rings. The van der Waals surface area contributed by atoms with E-state index in [9.17, 15) is 4.79 Å². The number of carbonyl (C=O) groups excluding carboxylic acids is 1. The molecule has 3 rings (SSSR count). The van der Waals surface area contributed by atoms with Crippen molar-refractivity contribution in [2.24, 2.45) is 10.5 Å². The molecular weight excluding hydrogens is 228 g/mol. The summed E-state index contributed by atoms with van der Waals surface area (Å²) in [5.74, 6) is 0.0790. The fourth-order valence-corrected chi connectivity index (χ4v) is 2.78. The van der Waals surface area contributed by atoms with Crippen LogP contribution in [0.1, 0.15) is 12.1 Å². The number of hydrogen-bond acceptors (Lipinski definition) is 4. The Morgan fingerprint density at radius 3 is 3.17 bits per heavy atom. The molecule has 0 spiro atoms. The van der Waals surface area contributed by atoms with Crippen LogP contribution in [0.3, 0.4) is 0 Å². The first-order valence-corrected chi connectivity index (χ1v) is 6.19. The summed E-state index contributed by atoms with van der Waals surface area (Å²) in [7, 11) is 1.73. The molecule has 0 radical (unpaired) electrons. The van der Waals surface area contributed by atoms with Crippen LogP contribution < -0.4 is 5.32 Å². The summed E-state index contributed by atoms with van der Waals surface area (Å²) in [6.45, 7) is 1.55. The standard InChI is InChI=1S/C13H16N4O/c1-17-12(18)13(8-10-4-2-3-6-15-10)9-14-7-5-11(13)16-17/h2-4,6,14H,5,7-9H2,1H3. The molecule has 1 amide bonds. The van der Waals surface area contributed by atoms with Crippen molar-refractivity contribution in [1.29, 1.82) is 0 Å². The molecule has 2 aliphatic heterocycles. The van der Waals surface area contributed by atoms with Gasteiger partial charge in [0.25, 0.3) is 5.91 Å². The number of carbonyl (C=O) groups is 1. The molecule has 1 aromatic rings. The summed E-state index contributed by atoms with van der Waals surface area (Å²) in [6.07, 6.45) is 3.23. The molecule has 1 atom stereocenters. The van der Waals surface area contributed by atoms with Gasteiger partial charge in [0, 0.05) is 44.9 Å². The van der Waals surface area contributed by atoms with Gasteiger partial charge in [-0.05, 0) is 12.1 Å². The van der Waals surface area contributed by atoms with Crippen LogP contribution in [-0.2, 0) is 11.2 Å². The van der Waals surface area contributed by atoms with Crippen molar-refractivity contribution in [1.82, 2.24) is 15.3 Å². The lowest BCUT2D eigenvalue weighted by Gasteiger charge is -2.32. The molecule has 5 nitrogen and oxygen atoms in total. The van der Waals surface area contributed by atoms with Crippen LogP contribution in [0.2, 0.25) is 0 Å². The van der Waals surface area contributed by atoms with E-state index in [4.69, 9.17) is 0 Å². The van der Waals surface area contributed by atoms with Crippen molar-refractivity contribution in [3.63, 3.8) is 0 Å². The first-order chi connectivity index (χ1) is 8.72. The van der Waals surface area contributed by atoms with Gasteiger partial charge in [0.05, 0.1) is 5.71 Å². The summed E-state index contributed by atoms with van der Waals surface area (Å²) < 4.78 is 0. The lowest BCUT2D eigenvalue weighted by Crippen LogP contribution is -2.52. The molecule has 18 heavy (non-hydrogen) atoms. The summed E-state index contributed by atoms with van der Waals surface area (Å²) >= 11 is 0. The van der Waals surface area contributed by atoms with Gasteiger partial charge in [-0.1, -0.05) is 6.07 Å². The molecule has 0 aliphatic carbocycles. The third-order valence-corrected chi connectivity index (χ3v) is 3.70. The Hall–Kier alpha value is -1.75. The summed E-state index contributed by atoms with van der Waals surface area (Å²) in [4.78, 5) is 16.7. The molecule has 0 bridgehead atoms. The number of hydrogen-bond donors (Lipinski definition) is 1. The average Bonchev–Trinajstić information content (AvgIpc) is 2.64. The van der Waals surface area contributed by atoms with Crippen LogP contribution in [-0.4, -0.2) is 41.7 Å². The number of rotatable bonds is 2. The molecule has 5 heteroatoms. The zero-order valence-corrected chi connectivity index (χ0v) is 10.4. The van der Waals surface area contributed by atoms with E-state index in [0.29, 0.717) is 13.0 Å². The number of hydrazone groups is 1. The zero-order valence-electron chi connectivity index (χ0n) is 10.4. The van der Waals surface area contributed by atoms with Gasteiger partial charge in [-0.25, -0.2) is 5.01 Å². The van der Waals surface area contributed by atoms with Crippen molar-refractivity contribution >= 4 is 11.6 Å². The van der Waals surface area contributed by atoms with Gasteiger partial charge < -0.3 is 5.32 Å². The maximum Gasteiger partial charge on any atom is 0.256 e. The first kappa shape index (κ1) is 11.3. The Labute approximate surface area is 106 Å². The molecule has 1 N–H and O–H groups in total. The van der Waals surface area contributed by atoms with Gasteiger partial charge in [-0.15, -0.1) is 0 Å². The maximum absolute atomic E-state index is 12.4. The van der Waals surface area contributed by atoms with E-state index in [1.165, 1.54) is 5.01 Å². The fraction of sp³-hybridized carbons (Fsp3) is 0.462. The largest absolute Gasteiger partial charge is 0.315 e. The van der Waals surface area contributed by atoms with Crippen LogP contribution in [0.4, 0.5) is 0 Å². The van der Waals surface area contributed by atoms with Crippen LogP contribution in [0.5, 0.6) is 0 Å². The van der Waals surface area contributed by atoms with E-state index in [-0.39, 0.29) is 5.91 Å². The highest BCUT2D eigenvalue weighted by Crippen LogP contribution is 2.34. The lowest BCUT2D eigenvalue weighted by atomic mass is 9.75. The van der Waals surface area contributed by atoms with Crippen molar-refractivity contribution in [3.05, 3.63) is 30.1 Å². The number of nitrogens with one attached hydrogen (secondary N) is 1. The molecule has 3 heterocycles. The minimum atomic E-state index is -0.513. The molecule has 0 saturated carbocycles. The van der Waals surface area contributed by atoms with E-state index in [2.05, 4.69) is 15.4 Å². The van der Waals surface area contributed by atoms with Gasteiger partial charge >= 0.3 is 0 Å². The molecule has 0 aromatic carbocycles. The fourth-order valence-electron chi connectivity index (χ4n) is 2.78. The number of piperidine rings is 1. The van der Waals surface area contributed by atoms with Crippen LogP contribution in [0.25, 0.3) is 0 Å². The van der Waals surface area contributed by atoms with Gasteiger partial charge in [-0.2, -0.15) is 5.10 Å². The van der Waals surface area contributed by atoms with Gasteiger partial charge in [0.15, 0.2) is 0 Å². The second-order valence-electron chi connectivity index (χ2n) is 4.88. The monoisotopic (exact) mass is 244 g/mol. The molecule has 1 saturated heterocycles. The van der Waals surface area contributed by atoms with Crippen molar-refractivity contribution < 1.29 is 4.79 Å². The van der Waals surface area contributed by atoms with Crippen LogP contribution >= 0.6 is 0 Å². The van der Waals surface area contributed by atoms with Gasteiger partial charge in [0.2, 0.25) is 0 Å². The SMILES string of the molecule is CN1N=C2CCNCC2(Cc2ccccn2)C1=O. The molecule has 1 aromatic heterocycles. The topological polar surface area (TPSA) is 57.6 Å². The van der Waals surface area contributed by atoms with Crippen LogP contribution in [0.15, 0.2) is 29.5 Å². The van der Waals surface area contributed by atoms with E-state index < -0.39 is 5.41 Å². The van der Waals surface area contributed by atoms with Crippen molar-refractivity contribution in [2.75, 3.05) is 20.1 Å². The minimum absolute atomic E-state index is 0.0790. The van der Waals surface area contributed by atoms with E-state index in [0.717, 1.165) is 24.4 Å². The van der Waals surface area contributed by atoms with Gasteiger partial charge in [0.1, 0.15) is 5.41 Å². The first-order valence-electron chi connectivity index (χ1n) is 6.19. The summed E-state index contributed by atoms with van der Waals surface area (Å²) in [5, 5.41) is 9.18. The van der Waals surface area contributed by atoms with Crippen molar-refractivity contribution in [3.8, 4) is 0 Å². The Bertz CT molecular complexity index is 499. The van der Waals surface area contributed by atoms with Crippen molar-refractivity contribution in [2.45, 2.75) is 12.8 Å². The molecule has 1 fully saturated rings. The summed E-state index contributed by atoms with van der Waals surface area (Å²) in [6, 6.07) is 5.81. The normalized spacial score (nSPS) is 27.1. The van der Waals surface area contributed by atoms with Crippen LogP contribution in [0, 0.1) is 5.41 Å². The second-order valence-corrected chi connectivity index (χ2v) is 4.88. The highest BCUT2D eigenvalue weighted by atomic mass is 16.2. The van der Waals surface area contributed by atoms with E-state index in [1.807, 2.05) is 18.2 Å².